The number of aryl methyl sites for hydroxylation is 1. The van der Waals surface area contributed by atoms with Gasteiger partial charge in [0.15, 0.2) is 5.82 Å². The van der Waals surface area contributed by atoms with E-state index in [-0.39, 0.29) is 11.3 Å². The van der Waals surface area contributed by atoms with E-state index in [9.17, 15) is 4.79 Å². The maximum Gasteiger partial charge on any atom is 0.231 e. The number of carbonyl (C=O) groups is 1. The SMILES string of the molecule is Cn1cnnc1-c1ccc(NC(=O)C2(CN)CC2)cc1. The highest BCUT2D eigenvalue weighted by Crippen LogP contribution is 2.45. The molecule has 3 rings (SSSR count). The maximum atomic E-state index is 12.1. The monoisotopic (exact) mass is 271 g/mol. The largest absolute Gasteiger partial charge is 0.329 e. The molecule has 1 heterocycles. The Hall–Kier alpha value is -2.21. The number of nitrogens with one attached hydrogen (secondary N) is 1. The van der Waals surface area contributed by atoms with Gasteiger partial charge in [-0.05, 0) is 37.1 Å². The second-order valence-corrected chi connectivity index (χ2v) is 5.28. The third-order valence-electron chi connectivity index (χ3n) is 3.84. The van der Waals surface area contributed by atoms with Crippen LogP contribution in [0.2, 0.25) is 0 Å². The van der Waals surface area contributed by atoms with E-state index < -0.39 is 0 Å². The van der Waals surface area contributed by atoms with E-state index in [4.69, 9.17) is 5.73 Å². The van der Waals surface area contributed by atoms with Crippen molar-refractivity contribution in [3.63, 3.8) is 0 Å². The average Bonchev–Trinajstić information content (AvgIpc) is 3.16. The molecule has 2 aromatic rings. The fourth-order valence-corrected chi connectivity index (χ4v) is 2.19. The van der Waals surface area contributed by atoms with E-state index in [0.717, 1.165) is 29.9 Å². The van der Waals surface area contributed by atoms with Crippen molar-refractivity contribution in [2.24, 2.45) is 18.2 Å². The molecule has 6 nitrogen and oxygen atoms in total. The highest BCUT2D eigenvalue weighted by Gasteiger charge is 2.48. The van der Waals surface area contributed by atoms with Crippen LogP contribution in [0, 0.1) is 5.41 Å². The first-order valence-electron chi connectivity index (χ1n) is 6.61. The molecule has 3 N–H and O–H groups in total. The van der Waals surface area contributed by atoms with E-state index in [1.807, 2.05) is 35.9 Å². The number of aromatic nitrogens is 3. The molecular formula is C14H17N5O. The van der Waals surface area contributed by atoms with Crippen molar-refractivity contribution in [3.05, 3.63) is 30.6 Å². The van der Waals surface area contributed by atoms with Gasteiger partial charge in [-0.25, -0.2) is 0 Å². The lowest BCUT2D eigenvalue weighted by Gasteiger charge is -2.13. The van der Waals surface area contributed by atoms with Crippen molar-refractivity contribution in [2.75, 3.05) is 11.9 Å². The number of nitrogens with two attached hydrogens (primary N) is 1. The van der Waals surface area contributed by atoms with Gasteiger partial charge in [-0.1, -0.05) is 0 Å². The summed E-state index contributed by atoms with van der Waals surface area (Å²) in [5, 5.41) is 10.8. The van der Waals surface area contributed by atoms with Gasteiger partial charge in [-0.15, -0.1) is 10.2 Å². The normalized spacial score (nSPS) is 15.9. The summed E-state index contributed by atoms with van der Waals surface area (Å²) < 4.78 is 1.85. The fourth-order valence-electron chi connectivity index (χ4n) is 2.19. The summed E-state index contributed by atoms with van der Waals surface area (Å²) >= 11 is 0. The zero-order valence-corrected chi connectivity index (χ0v) is 11.3. The Morgan fingerprint density at radius 3 is 2.60 bits per heavy atom. The van der Waals surface area contributed by atoms with Gasteiger partial charge in [0.25, 0.3) is 0 Å². The van der Waals surface area contributed by atoms with Gasteiger partial charge < -0.3 is 15.6 Å². The van der Waals surface area contributed by atoms with Crippen molar-refractivity contribution in [1.29, 1.82) is 0 Å². The lowest BCUT2D eigenvalue weighted by atomic mass is 10.1. The van der Waals surface area contributed by atoms with E-state index in [0.29, 0.717) is 6.54 Å². The quantitative estimate of drug-likeness (QED) is 0.873. The van der Waals surface area contributed by atoms with Crippen molar-refractivity contribution in [3.8, 4) is 11.4 Å². The third-order valence-corrected chi connectivity index (χ3v) is 3.84. The Bertz CT molecular complexity index is 627. The molecule has 1 fully saturated rings. The summed E-state index contributed by atoms with van der Waals surface area (Å²) in [6.45, 7) is 0.413. The lowest BCUT2D eigenvalue weighted by molar-refractivity contribution is -0.120. The fraction of sp³-hybridized carbons (Fsp3) is 0.357. The van der Waals surface area contributed by atoms with Crippen molar-refractivity contribution < 1.29 is 4.79 Å². The van der Waals surface area contributed by atoms with Crippen LogP contribution in [0.15, 0.2) is 30.6 Å². The van der Waals surface area contributed by atoms with E-state index in [2.05, 4.69) is 15.5 Å². The van der Waals surface area contributed by atoms with Gasteiger partial charge in [0, 0.05) is 24.8 Å². The number of nitrogens with zero attached hydrogens (tertiary/aromatic N) is 3. The van der Waals surface area contributed by atoms with Crippen LogP contribution in [0.1, 0.15) is 12.8 Å². The van der Waals surface area contributed by atoms with Crippen LogP contribution in [0.3, 0.4) is 0 Å². The summed E-state index contributed by atoms with van der Waals surface area (Å²) in [7, 11) is 1.89. The number of benzene rings is 1. The van der Waals surface area contributed by atoms with Crippen molar-refractivity contribution in [2.45, 2.75) is 12.8 Å². The van der Waals surface area contributed by atoms with E-state index in [1.54, 1.807) is 6.33 Å². The number of carbonyl (C=O) groups excluding carboxylic acids is 1. The Balaban J connectivity index is 1.74. The first-order chi connectivity index (χ1) is 9.64. The van der Waals surface area contributed by atoms with Crippen LogP contribution < -0.4 is 11.1 Å². The molecule has 6 heteroatoms. The molecule has 0 bridgehead atoms. The summed E-state index contributed by atoms with van der Waals surface area (Å²) in [5.41, 5.74) is 7.06. The van der Waals surface area contributed by atoms with Gasteiger partial charge in [0.2, 0.25) is 5.91 Å². The minimum Gasteiger partial charge on any atom is -0.329 e. The standard InChI is InChI=1S/C14H17N5O/c1-19-9-16-18-12(19)10-2-4-11(5-3-10)17-13(20)14(8-15)6-7-14/h2-5,9H,6-8,15H2,1H3,(H,17,20). The Morgan fingerprint density at radius 1 is 1.40 bits per heavy atom. The zero-order chi connectivity index (χ0) is 14.2. The van der Waals surface area contributed by atoms with Gasteiger partial charge in [-0.2, -0.15) is 0 Å². The molecule has 20 heavy (non-hydrogen) atoms. The van der Waals surface area contributed by atoms with Crippen molar-refractivity contribution >= 4 is 11.6 Å². The summed E-state index contributed by atoms with van der Waals surface area (Å²) in [6, 6.07) is 7.58. The minimum absolute atomic E-state index is 0.0198. The number of hydrogen-bond donors (Lipinski definition) is 2. The lowest BCUT2D eigenvalue weighted by Crippen LogP contribution is -2.30. The Labute approximate surface area is 117 Å². The van der Waals surface area contributed by atoms with E-state index >= 15 is 0 Å². The smallest absolute Gasteiger partial charge is 0.231 e. The highest BCUT2D eigenvalue weighted by molar-refractivity contribution is 5.97. The number of rotatable bonds is 4. The highest BCUT2D eigenvalue weighted by atomic mass is 16.2. The molecule has 1 aliphatic rings. The predicted octanol–water partition coefficient (Wildman–Crippen LogP) is 1.16. The molecule has 0 aliphatic heterocycles. The third kappa shape index (κ3) is 2.18. The van der Waals surface area contributed by atoms with Crippen molar-refractivity contribution in [1.82, 2.24) is 14.8 Å². The van der Waals surface area contributed by atoms with Crippen LogP contribution in [0.4, 0.5) is 5.69 Å². The minimum atomic E-state index is -0.331. The molecule has 0 atom stereocenters. The first kappa shape index (κ1) is 12.8. The van der Waals surface area contributed by atoms with Crippen LogP contribution in [-0.2, 0) is 11.8 Å². The molecular weight excluding hydrogens is 254 g/mol. The maximum absolute atomic E-state index is 12.1. The average molecular weight is 271 g/mol. The molecule has 104 valence electrons. The Kier molecular flexibility index (Phi) is 3.02. The number of hydrogen-bond acceptors (Lipinski definition) is 4. The van der Waals surface area contributed by atoms with E-state index in [1.165, 1.54) is 0 Å². The molecule has 0 unspecified atom stereocenters. The second kappa shape index (κ2) is 4.72. The summed E-state index contributed by atoms with van der Waals surface area (Å²) in [4.78, 5) is 12.1. The molecule has 1 saturated carbocycles. The van der Waals surface area contributed by atoms with Crippen LogP contribution in [-0.4, -0.2) is 27.2 Å². The van der Waals surface area contributed by atoms with Crippen LogP contribution >= 0.6 is 0 Å². The molecule has 0 radical (unpaired) electrons. The number of anilines is 1. The van der Waals surface area contributed by atoms with Crippen LogP contribution in [0.25, 0.3) is 11.4 Å². The van der Waals surface area contributed by atoms with Gasteiger partial charge in [0.1, 0.15) is 6.33 Å². The van der Waals surface area contributed by atoms with Gasteiger partial charge in [-0.3, -0.25) is 4.79 Å². The Morgan fingerprint density at radius 2 is 2.10 bits per heavy atom. The molecule has 1 aromatic heterocycles. The first-order valence-corrected chi connectivity index (χ1v) is 6.61. The summed E-state index contributed by atoms with van der Waals surface area (Å²) in [5.74, 6) is 0.815. The summed E-state index contributed by atoms with van der Waals surface area (Å²) in [6.07, 6.45) is 3.42. The molecule has 1 aromatic carbocycles. The van der Waals surface area contributed by atoms with Gasteiger partial charge in [0.05, 0.1) is 5.41 Å². The topological polar surface area (TPSA) is 85.8 Å². The second-order valence-electron chi connectivity index (χ2n) is 5.28. The molecule has 0 spiro atoms. The number of amides is 1. The zero-order valence-electron chi connectivity index (χ0n) is 11.3. The van der Waals surface area contributed by atoms with Crippen LogP contribution in [0.5, 0.6) is 0 Å². The molecule has 1 amide bonds. The molecule has 1 aliphatic carbocycles. The molecule has 0 saturated heterocycles. The predicted molar refractivity (Wildman–Crippen MR) is 75.8 cm³/mol. The van der Waals surface area contributed by atoms with Gasteiger partial charge >= 0.3 is 0 Å².